The van der Waals surface area contributed by atoms with Crippen LogP contribution in [0, 0.1) is 0 Å². The Kier molecular flexibility index (Phi) is 4.19. The quantitative estimate of drug-likeness (QED) is 0.754. The molecular formula is C14H23N5O3S. The zero-order valence-corrected chi connectivity index (χ0v) is 14.4. The predicted molar refractivity (Wildman–Crippen MR) is 84.8 cm³/mol. The van der Waals surface area contributed by atoms with Crippen LogP contribution in [0.15, 0.2) is 18.5 Å². The van der Waals surface area contributed by atoms with Gasteiger partial charge in [-0.15, -0.1) is 0 Å². The van der Waals surface area contributed by atoms with Gasteiger partial charge in [-0.1, -0.05) is 0 Å². The van der Waals surface area contributed by atoms with Crippen molar-refractivity contribution in [3.8, 4) is 0 Å². The smallest absolute Gasteiger partial charge is 0.281 e. The molecule has 128 valence electrons. The normalized spacial score (nSPS) is 22.1. The molecule has 2 fully saturated rings. The van der Waals surface area contributed by atoms with Crippen LogP contribution in [-0.2, 0) is 20.5 Å². The van der Waals surface area contributed by atoms with E-state index in [0.717, 1.165) is 19.5 Å². The Bertz CT molecular complexity index is 659. The fourth-order valence-corrected chi connectivity index (χ4v) is 4.30. The second-order valence-electron chi connectivity index (χ2n) is 6.32. The third-order valence-electron chi connectivity index (χ3n) is 4.82. The van der Waals surface area contributed by atoms with E-state index >= 15 is 0 Å². The van der Waals surface area contributed by atoms with Crippen LogP contribution in [0.1, 0.15) is 19.3 Å². The molecule has 2 saturated heterocycles. The van der Waals surface area contributed by atoms with Crippen LogP contribution >= 0.6 is 0 Å². The zero-order valence-electron chi connectivity index (χ0n) is 13.6. The molecular weight excluding hydrogens is 318 g/mol. The first-order valence-corrected chi connectivity index (χ1v) is 9.25. The van der Waals surface area contributed by atoms with Crippen LogP contribution in [0.2, 0.25) is 0 Å². The number of piperidine rings is 1. The molecule has 2 aliphatic heterocycles. The number of amides is 1. The van der Waals surface area contributed by atoms with Crippen LogP contribution < -0.4 is 0 Å². The lowest BCUT2D eigenvalue weighted by atomic mass is 9.86. The van der Waals surface area contributed by atoms with Gasteiger partial charge in [-0.2, -0.15) is 22.1 Å². The fraction of sp³-hybridized carbons (Fsp3) is 0.714. The fourth-order valence-electron chi connectivity index (χ4n) is 3.19. The molecule has 0 spiro atoms. The molecule has 8 nitrogen and oxygen atoms in total. The summed E-state index contributed by atoms with van der Waals surface area (Å²) in [4.78, 5) is 14.8. The van der Waals surface area contributed by atoms with Gasteiger partial charge in [0.05, 0.1) is 0 Å². The average Bonchev–Trinajstić information content (AvgIpc) is 2.99. The SMILES string of the molecule is CN(C)S(=O)(=O)N1CCC(C(=O)N2CCC2)(n2cccn2)CC1. The molecule has 9 heteroatoms. The van der Waals surface area contributed by atoms with Crippen molar-refractivity contribution in [1.29, 1.82) is 0 Å². The number of rotatable bonds is 4. The van der Waals surface area contributed by atoms with E-state index in [1.807, 2.05) is 4.90 Å². The molecule has 0 aliphatic carbocycles. The molecule has 3 rings (SSSR count). The van der Waals surface area contributed by atoms with E-state index in [1.54, 1.807) is 23.1 Å². The molecule has 0 unspecified atom stereocenters. The van der Waals surface area contributed by atoms with Crippen molar-refractivity contribution >= 4 is 16.1 Å². The highest BCUT2D eigenvalue weighted by atomic mass is 32.2. The average molecular weight is 341 g/mol. The lowest BCUT2D eigenvalue weighted by Crippen LogP contribution is -2.60. The van der Waals surface area contributed by atoms with Crippen molar-refractivity contribution < 1.29 is 13.2 Å². The first kappa shape index (κ1) is 16.4. The van der Waals surface area contributed by atoms with Gasteiger partial charge in [0.2, 0.25) is 0 Å². The molecule has 0 atom stereocenters. The van der Waals surface area contributed by atoms with E-state index in [2.05, 4.69) is 5.10 Å². The second kappa shape index (κ2) is 5.88. The Hall–Kier alpha value is -1.45. The summed E-state index contributed by atoms with van der Waals surface area (Å²) in [5.74, 6) is 0.0642. The monoisotopic (exact) mass is 341 g/mol. The van der Waals surface area contributed by atoms with E-state index in [-0.39, 0.29) is 5.91 Å². The van der Waals surface area contributed by atoms with E-state index in [4.69, 9.17) is 0 Å². The van der Waals surface area contributed by atoms with Crippen molar-refractivity contribution in [2.75, 3.05) is 40.3 Å². The molecule has 1 aromatic rings. The number of nitrogens with zero attached hydrogens (tertiary/aromatic N) is 5. The van der Waals surface area contributed by atoms with Gasteiger partial charge in [-0.25, -0.2) is 0 Å². The molecule has 0 radical (unpaired) electrons. The molecule has 3 heterocycles. The Morgan fingerprint density at radius 1 is 1.17 bits per heavy atom. The van der Waals surface area contributed by atoms with Crippen LogP contribution in [0.25, 0.3) is 0 Å². The summed E-state index contributed by atoms with van der Waals surface area (Å²) < 4.78 is 28.9. The van der Waals surface area contributed by atoms with Gasteiger partial charge >= 0.3 is 0 Å². The highest BCUT2D eigenvalue weighted by molar-refractivity contribution is 7.86. The topological polar surface area (TPSA) is 78.8 Å². The van der Waals surface area contributed by atoms with E-state index in [1.165, 1.54) is 22.7 Å². The molecule has 23 heavy (non-hydrogen) atoms. The number of hydrogen-bond acceptors (Lipinski definition) is 4. The summed E-state index contributed by atoms with van der Waals surface area (Å²) in [5, 5.41) is 4.29. The van der Waals surface area contributed by atoms with Crippen molar-refractivity contribution in [3.05, 3.63) is 18.5 Å². The van der Waals surface area contributed by atoms with E-state index < -0.39 is 15.7 Å². The van der Waals surface area contributed by atoms with Crippen LogP contribution in [0.3, 0.4) is 0 Å². The first-order valence-electron chi connectivity index (χ1n) is 7.85. The van der Waals surface area contributed by atoms with Gasteiger partial charge in [0.25, 0.3) is 16.1 Å². The summed E-state index contributed by atoms with van der Waals surface area (Å²) in [5.41, 5.74) is -0.762. The standard InChI is InChI=1S/C14H23N5O3S/c1-16(2)23(21,22)18-11-5-14(6-12-18,19-10-3-7-15-19)13(20)17-8-4-9-17/h3,7,10H,4-6,8-9,11-12H2,1-2H3. The lowest BCUT2D eigenvalue weighted by Gasteiger charge is -2.45. The van der Waals surface area contributed by atoms with Crippen LogP contribution in [-0.4, -0.2) is 77.9 Å². The highest BCUT2D eigenvalue weighted by Crippen LogP contribution is 2.34. The highest BCUT2D eigenvalue weighted by Gasteiger charge is 2.48. The van der Waals surface area contributed by atoms with Crippen molar-refractivity contribution in [2.24, 2.45) is 0 Å². The maximum Gasteiger partial charge on any atom is 0.281 e. The number of aromatic nitrogens is 2. The van der Waals surface area contributed by atoms with Gasteiger partial charge in [-0.3, -0.25) is 9.48 Å². The molecule has 1 amide bonds. The molecule has 0 bridgehead atoms. The maximum absolute atomic E-state index is 13.0. The number of likely N-dealkylation sites (tertiary alicyclic amines) is 1. The Morgan fingerprint density at radius 3 is 2.26 bits per heavy atom. The largest absolute Gasteiger partial charge is 0.340 e. The van der Waals surface area contributed by atoms with Crippen LogP contribution in [0.5, 0.6) is 0 Å². The van der Waals surface area contributed by atoms with Gasteiger partial charge in [0.15, 0.2) is 0 Å². The number of carbonyl (C=O) groups excluding carboxylic acids is 1. The van der Waals surface area contributed by atoms with Gasteiger partial charge < -0.3 is 4.90 Å². The third-order valence-corrected chi connectivity index (χ3v) is 6.76. The second-order valence-corrected chi connectivity index (χ2v) is 8.46. The summed E-state index contributed by atoms with van der Waals surface area (Å²) in [6.07, 6.45) is 5.37. The van der Waals surface area contributed by atoms with E-state index in [0.29, 0.717) is 25.9 Å². The summed E-state index contributed by atoms with van der Waals surface area (Å²) >= 11 is 0. The minimum atomic E-state index is -3.44. The maximum atomic E-state index is 13.0. The third kappa shape index (κ3) is 2.66. The van der Waals surface area contributed by atoms with Crippen molar-refractivity contribution in [3.63, 3.8) is 0 Å². The Labute approximate surface area is 136 Å². The first-order chi connectivity index (χ1) is 10.9. The van der Waals surface area contributed by atoms with E-state index in [9.17, 15) is 13.2 Å². The zero-order chi connectivity index (χ0) is 16.7. The van der Waals surface area contributed by atoms with Gasteiger partial charge in [0.1, 0.15) is 5.54 Å². The predicted octanol–water partition coefficient (Wildman–Crippen LogP) is -0.287. The number of hydrogen-bond donors (Lipinski definition) is 0. The van der Waals surface area contributed by atoms with Crippen molar-refractivity contribution in [2.45, 2.75) is 24.8 Å². The summed E-state index contributed by atoms with van der Waals surface area (Å²) in [7, 11) is -0.397. The van der Waals surface area contributed by atoms with Crippen molar-refractivity contribution in [1.82, 2.24) is 23.3 Å². The Balaban J connectivity index is 1.85. The minimum absolute atomic E-state index is 0.0642. The molecule has 0 saturated carbocycles. The minimum Gasteiger partial charge on any atom is -0.340 e. The molecule has 1 aromatic heterocycles. The molecule has 2 aliphatic rings. The molecule has 0 N–H and O–H groups in total. The van der Waals surface area contributed by atoms with Gasteiger partial charge in [-0.05, 0) is 25.3 Å². The number of carbonyl (C=O) groups is 1. The Morgan fingerprint density at radius 2 is 1.83 bits per heavy atom. The summed E-state index contributed by atoms with van der Waals surface area (Å²) in [6, 6.07) is 1.80. The summed E-state index contributed by atoms with van der Waals surface area (Å²) in [6.45, 7) is 2.20. The van der Waals surface area contributed by atoms with Gasteiger partial charge in [0, 0.05) is 52.7 Å². The lowest BCUT2D eigenvalue weighted by molar-refractivity contribution is -0.147. The van der Waals surface area contributed by atoms with Crippen LogP contribution in [0.4, 0.5) is 0 Å². The molecule has 0 aromatic carbocycles.